The quantitative estimate of drug-likeness (QED) is 0.829. The summed E-state index contributed by atoms with van der Waals surface area (Å²) < 4.78 is 1.87. The van der Waals surface area contributed by atoms with Crippen LogP contribution in [0.5, 0.6) is 0 Å². The fourth-order valence-electron chi connectivity index (χ4n) is 3.55. The molecule has 1 saturated heterocycles. The predicted molar refractivity (Wildman–Crippen MR) is 100 cm³/mol. The number of hydrogen-bond acceptors (Lipinski definition) is 5. The van der Waals surface area contributed by atoms with Gasteiger partial charge in [0.1, 0.15) is 0 Å². The topological polar surface area (TPSA) is 71.8 Å². The summed E-state index contributed by atoms with van der Waals surface area (Å²) in [4.78, 5) is 12.5. The molecule has 2 fully saturated rings. The molecule has 24 heavy (non-hydrogen) atoms. The molecule has 0 aromatic carbocycles. The third-order valence-corrected chi connectivity index (χ3v) is 6.15. The van der Waals surface area contributed by atoms with E-state index < -0.39 is 0 Å². The van der Waals surface area contributed by atoms with E-state index in [1.807, 2.05) is 22.6 Å². The minimum atomic E-state index is -0.0706. The van der Waals surface area contributed by atoms with Gasteiger partial charge in [0.15, 0.2) is 5.69 Å². The summed E-state index contributed by atoms with van der Waals surface area (Å²) in [5.74, 6) is 1.03. The Balaban J connectivity index is 0.00000208. The second-order valence-electron chi connectivity index (χ2n) is 6.42. The van der Waals surface area contributed by atoms with E-state index in [0.717, 1.165) is 38.1 Å². The van der Waals surface area contributed by atoms with E-state index in [1.165, 1.54) is 19.3 Å². The first-order valence-corrected chi connectivity index (χ1v) is 9.88. The largest absolute Gasteiger partial charge is 0.347 e. The smallest absolute Gasteiger partial charge is 0.273 e. The minimum absolute atomic E-state index is 0. The monoisotopic (exact) mass is 373 g/mol. The lowest BCUT2D eigenvalue weighted by Crippen LogP contribution is -2.44. The van der Waals surface area contributed by atoms with Gasteiger partial charge in [0.25, 0.3) is 5.91 Å². The molecule has 1 aromatic heterocycles. The van der Waals surface area contributed by atoms with Crippen LogP contribution in [0.15, 0.2) is 6.20 Å². The number of halogens is 1. The van der Waals surface area contributed by atoms with Crippen molar-refractivity contribution in [3.8, 4) is 0 Å². The molecule has 2 unspecified atom stereocenters. The molecule has 2 heterocycles. The molecule has 1 aliphatic heterocycles. The fourth-order valence-corrected chi connectivity index (χ4v) is 4.75. The van der Waals surface area contributed by atoms with Gasteiger partial charge in [0.05, 0.1) is 12.2 Å². The maximum atomic E-state index is 12.5. The van der Waals surface area contributed by atoms with Gasteiger partial charge in [-0.3, -0.25) is 4.79 Å². The van der Waals surface area contributed by atoms with Crippen molar-refractivity contribution in [1.82, 2.24) is 25.6 Å². The summed E-state index contributed by atoms with van der Waals surface area (Å²) in [7, 11) is 0. The average Bonchev–Trinajstić information content (AvgIpc) is 3.08. The molecule has 6 nitrogen and oxygen atoms in total. The van der Waals surface area contributed by atoms with Crippen LogP contribution in [0.2, 0.25) is 0 Å². The Morgan fingerprint density at radius 2 is 2.08 bits per heavy atom. The van der Waals surface area contributed by atoms with Gasteiger partial charge < -0.3 is 10.6 Å². The lowest BCUT2D eigenvalue weighted by molar-refractivity contribution is 0.0924. The normalized spacial score (nSPS) is 25.0. The molecule has 2 aliphatic rings. The molecular formula is C16H28ClN5OS. The number of thioether (sulfide) groups is 1. The van der Waals surface area contributed by atoms with Crippen molar-refractivity contribution < 1.29 is 4.79 Å². The van der Waals surface area contributed by atoms with E-state index in [0.29, 0.717) is 17.0 Å². The van der Waals surface area contributed by atoms with Crippen LogP contribution in [-0.2, 0) is 0 Å². The Bertz CT molecular complexity index is 518. The van der Waals surface area contributed by atoms with Crippen LogP contribution in [0.25, 0.3) is 0 Å². The average molecular weight is 374 g/mol. The lowest BCUT2D eigenvalue weighted by Gasteiger charge is -2.31. The first kappa shape index (κ1) is 19.5. The molecule has 3 rings (SSSR count). The Labute approximate surface area is 154 Å². The van der Waals surface area contributed by atoms with Crippen molar-refractivity contribution in [1.29, 1.82) is 0 Å². The third-order valence-electron chi connectivity index (χ3n) is 4.83. The number of hydrogen-bond donors (Lipinski definition) is 2. The van der Waals surface area contributed by atoms with Crippen molar-refractivity contribution in [2.45, 2.75) is 62.8 Å². The predicted octanol–water partition coefficient (Wildman–Crippen LogP) is 2.42. The van der Waals surface area contributed by atoms with Gasteiger partial charge in [-0.05, 0) is 44.5 Å². The van der Waals surface area contributed by atoms with Gasteiger partial charge >= 0.3 is 0 Å². The number of piperidine rings is 1. The van der Waals surface area contributed by atoms with Crippen LogP contribution in [0, 0.1) is 0 Å². The number of aromatic nitrogens is 3. The van der Waals surface area contributed by atoms with E-state index in [2.05, 4.69) is 27.9 Å². The summed E-state index contributed by atoms with van der Waals surface area (Å²) in [5, 5.41) is 15.4. The maximum absolute atomic E-state index is 12.5. The number of rotatable bonds is 5. The number of nitrogens with zero attached hydrogens (tertiary/aromatic N) is 3. The van der Waals surface area contributed by atoms with Crippen LogP contribution in [0.3, 0.4) is 0 Å². The Hall–Kier alpha value is -0.790. The number of carbonyl (C=O) groups excluding carboxylic acids is 1. The van der Waals surface area contributed by atoms with E-state index in [1.54, 1.807) is 0 Å². The third kappa shape index (κ3) is 4.86. The van der Waals surface area contributed by atoms with E-state index in [9.17, 15) is 4.79 Å². The van der Waals surface area contributed by atoms with Crippen LogP contribution in [-0.4, -0.2) is 51.0 Å². The second kappa shape index (κ2) is 9.63. The Morgan fingerprint density at radius 1 is 1.33 bits per heavy atom. The number of nitrogens with one attached hydrogen (secondary N) is 2. The molecule has 1 aromatic rings. The van der Waals surface area contributed by atoms with Crippen LogP contribution < -0.4 is 10.6 Å². The maximum Gasteiger partial charge on any atom is 0.273 e. The van der Waals surface area contributed by atoms with Crippen molar-refractivity contribution in [3.05, 3.63) is 11.9 Å². The summed E-state index contributed by atoms with van der Waals surface area (Å²) in [5.41, 5.74) is 0.453. The molecular weight excluding hydrogens is 346 g/mol. The summed E-state index contributed by atoms with van der Waals surface area (Å²) >= 11 is 1.96. The van der Waals surface area contributed by atoms with Crippen molar-refractivity contribution >= 4 is 30.1 Å². The lowest BCUT2D eigenvalue weighted by atomic mass is 9.95. The zero-order valence-electron chi connectivity index (χ0n) is 14.2. The van der Waals surface area contributed by atoms with E-state index in [-0.39, 0.29) is 24.4 Å². The van der Waals surface area contributed by atoms with Gasteiger partial charge in [-0.2, -0.15) is 11.8 Å². The van der Waals surface area contributed by atoms with Crippen molar-refractivity contribution in [3.63, 3.8) is 0 Å². The highest BCUT2D eigenvalue weighted by Gasteiger charge is 2.27. The zero-order chi connectivity index (χ0) is 16.1. The van der Waals surface area contributed by atoms with Gasteiger partial charge in [0.2, 0.25) is 0 Å². The number of carbonyl (C=O) groups is 1. The zero-order valence-corrected chi connectivity index (χ0v) is 15.9. The molecule has 0 radical (unpaired) electrons. The van der Waals surface area contributed by atoms with E-state index >= 15 is 0 Å². The first-order chi connectivity index (χ1) is 11.3. The molecule has 0 bridgehead atoms. The van der Waals surface area contributed by atoms with Gasteiger partial charge in [-0.25, -0.2) is 4.68 Å². The molecule has 8 heteroatoms. The van der Waals surface area contributed by atoms with Gasteiger partial charge in [0, 0.05) is 11.3 Å². The molecule has 0 spiro atoms. The van der Waals surface area contributed by atoms with Crippen molar-refractivity contribution in [2.24, 2.45) is 0 Å². The summed E-state index contributed by atoms with van der Waals surface area (Å²) in [6, 6.07) is 0.633. The van der Waals surface area contributed by atoms with E-state index in [4.69, 9.17) is 0 Å². The summed E-state index contributed by atoms with van der Waals surface area (Å²) in [6.45, 7) is 4.19. The molecule has 1 amide bonds. The van der Waals surface area contributed by atoms with Crippen LogP contribution >= 0.6 is 24.2 Å². The molecule has 1 saturated carbocycles. The molecule has 2 N–H and O–H groups in total. The fraction of sp³-hybridized carbons (Fsp3) is 0.812. The molecule has 1 aliphatic carbocycles. The first-order valence-electron chi connectivity index (χ1n) is 8.83. The Morgan fingerprint density at radius 3 is 2.83 bits per heavy atom. The minimum Gasteiger partial charge on any atom is -0.347 e. The highest BCUT2D eigenvalue weighted by Crippen LogP contribution is 2.28. The summed E-state index contributed by atoms with van der Waals surface area (Å²) in [6.07, 6.45) is 8.65. The van der Waals surface area contributed by atoms with Gasteiger partial charge in [-0.1, -0.05) is 25.0 Å². The SMILES string of the molecule is CCSC1CCCCC1NC(=O)c1cn(C2CCNCC2)nn1.Cl. The Kier molecular flexibility index (Phi) is 7.84. The van der Waals surface area contributed by atoms with Gasteiger partial charge in [-0.15, -0.1) is 17.5 Å². The van der Waals surface area contributed by atoms with Crippen LogP contribution in [0.4, 0.5) is 0 Å². The van der Waals surface area contributed by atoms with Crippen LogP contribution in [0.1, 0.15) is 62.0 Å². The number of amides is 1. The molecule has 2 atom stereocenters. The highest BCUT2D eigenvalue weighted by atomic mass is 35.5. The highest BCUT2D eigenvalue weighted by molar-refractivity contribution is 7.99. The molecule has 136 valence electrons. The standard InChI is InChI=1S/C16H27N5OS.ClH/c1-2-23-15-6-4-3-5-13(15)18-16(22)14-11-21(20-19-14)12-7-9-17-10-8-12;/h11-13,15,17H,2-10H2,1H3,(H,18,22);1H. The second-order valence-corrected chi connectivity index (χ2v) is 7.94. The van der Waals surface area contributed by atoms with Crippen molar-refractivity contribution in [2.75, 3.05) is 18.8 Å².